The van der Waals surface area contributed by atoms with Gasteiger partial charge in [-0.2, -0.15) is 18.3 Å². The summed E-state index contributed by atoms with van der Waals surface area (Å²) < 4.78 is 64.9. The van der Waals surface area contributed by atoms with Crippen molar-refractivity contribution in [3.05, 3.63) is 61.9 Å². The van der Waals surface area contributed by atoms with Gasteiger partial charge in [0.05, 0.1) is 23.7 Å². The molecule has 11 heteroatoms. The third kappa shape index (κ3) is 3.62. The smallest absolute Gasteiger partial charge is 0.292 e. The SMILES string of the molecule is C[C@H](c1ccc(C(F)(F)F)cc1)n1nc(CC(F)F)c2c(=O)[nH]c(=O)[nH]c21. The predicted molar refractivity (Wildman–Crippen MR) is 85.9 cm³/mol. The molecule has 0 bridgehead atoms. The second-order valence-electron chi connectivity index (χ2n) is 5.91. The van der Waals surface area contributed by atoms with Crippen molar-refractivity contribution in [1.82, 2.24) is 19.7 Å². The molecule has 0 saturated heterocycles. The average Bonchev–Trinajstić information content (AvgIpc) is 2.91. The maximum Gasteiger partial charge on any atom is 0.416 e. The third-order valence-electron chi connectivity index (χ3n) is 4.10. The Morgan fingerprint density at radius 3 is 2.30 bits per heavy atom. The molecule has 3 aromatic rings. The highest BCUT2D eigenvalue weighted by atomic mass is 19.4. The van der Waals surface area contributed by atoms with E-state index in [1.165, 1.54) is 12.1 Å². The number of nitrogens with one attached hydrogen (secondary N) is 2. The zero-order valence-electron chi connectivity index (χ0n) is 13.8. The fraction of sp³-hybridized carbons (Fsp3) is 0.312. The van der Waals surface area contributed by atoms with Crippen LogP contribution >= 0.6 is 0 Å². The summed E-state index contributed by atoms with van der Waals surface area (Å²) >= 11 is 0. The Balaban J connectivity index is 2.13. The van der Waals surface area contributed by atoms with E-state index in [1.807, 2.05) is 4.98 Å². The Morgan fingerprint density at radius 2 is 1.74 bits per heavy atom. The summed E-state index contributed by atoms with van der Waals surface area (Å²) in [5.41, 5.74) is -2.46. The number of fused-ring (bicyclic) bond motifs is 1. The van der Waals surface area contributed by atoms with Gasteiger partial charge in [-0.1, -0.05) is 12.1 Å². The van der Waals surface area contributed by atoms with Crippen molar-refractivity contribution in [2.24, 2.45) is 0 Å². The van der Waals surface area contributed by atoms with Gasteiger partial charge in [-0.25, -0.2) is 18.3 Å². The lowest BCUT2D eigenvalue weighted by molar-refractivity contribution is -0.137. The number of halogens is 5. The molecule has 3 rings (SSSR count). The van der Waals surface area contributed by atoms with E-state index in [0.717, 1.165) is 16.8 Å². The van der Waals surface area contributed by atoms with Gasteiger partial charge in [-0.15, -0.1) is 0 Å². The minimum Gasteiger partial charge on any atom is -0.292 e. The standard InChI is InChI=1S/C16H13F5N4O2/c1-7(8-2-4-9(5-3-8)16(19,20)21)25-13-12(10(24-25)6-11(17)18)14(26)23-15(27)22-13/h2-5,7,11H,6H2,1H3,(H2,22,23,26,27)/t7-/m1/s1. The van der Waals surface area contributed by atoms with Crippen LogP contribution in [0.4, 0.5) is 22.0 Å². The Hall–Kier alpha value is -2.98. The number of H-pyrrole nitrogens is 2. The molecular formula is C16H13F5N4O2. The summed E-state index contributed by atoms with van der Waals surface area (Å²) in [5, 5.41) is 3.82. The molecule has 2 heterocycles. The van der Waals surface area contributed by atoms with Crippen LogP contribution in [0.3, 0.4) is 0 Å². The second-order valence-corrected chi connectivity index (χ2v) is 5.91. The van der Waals surface area contributed by atoms with E-state index in [-0.39, 0.29) is 16.7 Å². The Morgan fingerprint density at radius 1 is 1.11 bits per heavy atom. The van der Waals surface area contributed by atoms with E-state index >= 15 is 0 Å². The molecule has 0 aliphatic heterocycles. The van der Waals surface area contributed by atoms with Crippen molar-refractivity contribution in [2.75, 3.05) is 0 Å². The third-order valence-corrected chi connectivity index (χ3v) is 4.10. The summed E-state index contributed by atoms with van der Waals surface area (Å²) in [6, 6.07) is 3.48. The first-order valence-electron chi connectivity index (χ1n) is 7.77. The molecule has 2 N–H and O–H groups in total. The molecule has 6 nitrogen and oxygen atoms in total. The topological polar surface area (TPSA) is 83.5 Å². The van der Waals surface area contributed by atoms with Gasteiger partial charge >= 0.3 is 11.9 Å². The lowest BCUT2D eigenvalue weighted by Gasteiger charge is -2.15. The van der Waals surface area contributed by atoms with Crippen LogP contribution in [0.25, 0.3) is 11.0 Å². The molecule has 2 aromatic heterocycles. The molecule has 0 aliphatic rings. The highest BCUT2D eigenvalue weighted by Gasteiger charge is 2.30. The van der Waals surface area contributed by atoms with E-state index in [0.29, 0.717) is 5.56 Å². The maximum atomic E-state index is 12.8. The van der Waals surface area contributed by atoms with Gasteiger partial charge in [0.25, 0.3) is 5.56 Å². The number of hydrogen-bond donors (Lipinski definition) is 2. The summed E-state index contributed by atoms with van der Waals surface area (Å²) in [5.74, 6) is 0. The first-order valence-corrected chi connectivity index (χ1v) is 7.77. The molecule has 0 fully saturated rings. The van der Waals surface area contributed by atoms with E-state index in [9.17, 15) is 31.5 Å². The number of nitrogens with zero attached hydrogens (tertiary/aromatic N) is 2. The van der Waals surface area contributed by atoms with Crippen LogP contribution in [0.15, 0.2) is 33.9 Å². The fourth-order valence-electron chi connectivity index (χ4n) is 2.81. The maximum absolute atomic E-state index is 12.8. The number of rotatable bonds is 4. The van der Waals surface area contributed by atoms with Crippen LogP contribution in [0.2, 0.25) is 0 Å². The normalized spacial score (nSPS) is 13.4. The number of hydrogen-bond acceptors (Lipinski definition) is 3. The molecule has 1 atom stereocenters. The number of aromatic amines is 2. The minimum atomic E-state index is -4.50. The second kappa shape index (κ2) is 6.63. The molecule has 27 heavy (non-hydrogen) atoms. The first-order chi connectivity index (χ1) is 12.6. The largest absolute Gasteiger partial charge is 0.416 e. The molecule has 0 radical (unpaired) electrons. The number of aromatic nitrogens is 4. The van der Waals surface area contributed by atoms with Crippen molar-refractivity contribution in [3.8, 4) is 0 Å². The summed E-state index contributed by atoms with van der Waals surface area (Å²) in [6.45, 7) is 1.56. The molecule has 144 valence electrons. The molecule has 0 unspecified atom stereocenters. The Kier molecular flexibility index (Phi) is 4.62. The zero-order chi connectivity index (χ0) is 19.9. The monoisotopic (exact) mass is 388 g/mol. The van der Waals surface area contributed by atoms with E-state index in [2.05, 4.69) is 10.1 Å². The van der Waals surface area contributed by atoms with Crippen LogP contribution in [0, 0.1) is 0 Å². The van der Waals surface area contributed by atoms with Gasteiger partial charge in [0, 0.05) is 0 Å². The molecule has 0 amide bonds. The lowest BCUT2D eigenvalue weighted by atomic mass is 10.1. The first kappa shape index (κ1) is 18.8. The van der Waals surface area contributed by atoms with Crippen molar-refractivity contribution in [3.63, 3.8) is 0 Å². The van der Waals surface area contributed by atoms with Crippen LogP contribution in [-0.2, 0) is 12.6 Å². The molecule has 1 aromatic carbocycles. The van der Waals surface area contributed by atoms with Crippen molar-refractivity contribution < 1.29 is 22.0 Å². The summed E-state index contributed by atoms with van der Waals surface area (Å²) in [6.07, 6.45) is -8.08. The highest BCUT2D eigenvalue weighted by molar-refractivity contribution is 5.77. The van der Waals surface area contributed by atoms with Crippen LogP contribution in [-0.4, -0.2) is 26.2 Å². The average molecular weight is 388 g/mol. The van der Waals surface area contributed by atoms with E-state index in [1.54, 1.807) is 6.92 Å². The zero-order valence-corrected chi connectivity index (χ0v) is 13.8. The minimum absolute atomic E-state index is 0.0770. The van der Waals surface area contributed by atoms with E-state index in [4.69, 9.17) is 0 Å². The van der Waals surface area contributed by atoms with Crippen molar-refractivity contribution >= 4 is 11.0 Å². The van der Waals surface area contributed by atoms with E-state index < -0.39 is 41.9 Å². The highest BCUT2D eigenvalue weighted by Crippen LogP contribution is 2.31. The molecule has 0 aliphatic carbocycles. The summed E-state index contributed by atoms with van der Waals surface area (Å²) in [7, 11) is 0. The van der Waals surface area contributed by atoms with Gasteiger partial charge in [-0.3, -0.25) is 14.8 Å². The molecular weight excluding hydrogens is 375 g/mol. The van der Waals surface area contributed by atoms with Crippen molar-refractivity contribution in [1.29, 1.82) is 0 Å². The van der Waals surface area contributed by atoms with Gasteiger partial charge in [0.2, 0.25) is 6.43 Å². The van der Waals surface area contributed by atoms with Crippen LogP contribution in [0.1, 0.15) is 29.8 Å². The lowest BCUT2D eigenvalue weighted by Crippen LogP contribution is -2.23. The Labute approximate surface area is 147 Å². The van der Waals surface area contributed by atoms with Gasteiger partial charge in [0.1, 0.15) is 11.0 Å². The van der Waals surface area contributed by atoms with Crippen LogP contribution in [0.5, 0.6) is 0 Å². The van der Waals surface area contributed by atoms with Crippen LogP contribution < -0.4 is 11.2 Å². The van der Waals surface area contributed by atoms with Crippen molar-refractivity contribution in [2.45, 2.75) is 32.0 Å². The Bertz CT molecular complexity index is 1080. The van der Waals surface area contributed by atoms with Gasteiger partial charge in [-0.05, 0) is 24.6 Å². The molecule has 0 spiro atoms. The predicted octanol–water partition coefficient (Wildman–Crippen LogP) is 2.85. The van der Waals surface area contributed by atoms with Gasteiger partial charge < -0.3 is 0 Å². The molecule has 0 saturated carbocycles. The summed E-state index contributed by atoms with van der Waals surface area (Å²) in [4.78, 5) is 27.9. The number of benzene rings is 1. The van der Waals surface area contributed by atoms with Gasteiger partial charge in [0.15, 0.2) is 0 Å². The fourth-order valence-corrected chi connectivity index (χ4v) is 2.81. The quantitative estimate of drug-likeness (QED) is 0.675. The number of alkyl halides is 5.